The van der Waals surface area contributed by atoms with Crippen LogP contribution < -0.4 is 0 Å². The van der Waals surface area contributed by atoms with E-state index >= 15 is 0 Å². The maximum absolute atomic E-state index is 13.0. The van der Waals surface area contributed by atoms with E-state index in [1.54, 1.807) is 0 Å². The van der Waals surface area contributed by atoms with Gasteiger partial charge in [0.2, 0.25) is 0 Å². The van der Waals surface area contributed by atoms with E-state index in [2.05, 4.69) is 40.7 Å². The van der Waals surface area contributed by atoms with Crippen LogP contribution in [0.4, 0.5) is 0 Å². The molecule has 8 fully saturated rings. The molecule has 0 aromatic carbocycles. The van der Waals surface area contributed by atoms with Crippen LogP contribution in [0.5, 0.6) is 0 Å². The molecule has 0 aromatic heterocycles. The summed E-state index contributed by atoms with van der Waals surface area (Å²) < 4.78 is 55.0. The van der Waals surface area contributed by atoms with Crippen LogP contribution in [-0.4, -0.2) is 222 Å². The first-order chi connectivity index (χ1) is 36.0. The molecule has 4 aliphatic carbocycles. The van der Waals surface area contributed by atoms with Crippen LogP contribution in [0.2, 0.25) is 0 Å². The molecule has 0 unspecified atom stereocenters. The minimum absolute atomic E-state index is 0.106. The minimum atomic E-state index is -1.80. The molecular weight excluding hydrogens is 1010 g/mol. The van der Waals surface area contributed by atoms with Gasteiger partial charge in [0.15, 0.2) is 25.2 Å². The number of allylic oxidation sites excluding steroid dienone is 2. The van der Waals surface area contributed by atoms with Gasteiger partial charge in [-0.25, -0.2) is 0 Å². The number of esters is 1. The van der Waals surface area contributed by atoms with Crippen LogP contribution in [0.15, 0.2) is 11.6 Å². The summed E-state index contributed by atoms with van der Waals surface area (Å²) in [6.45, 7) is 16.6. The molecule has 4 aliphatic heterocycles. The van der Waals surface area contributed by atoms with Gasteiger partial charge in [0.25, 0.3) is 0 Å². The van der Waals surface area contributed by atoms with Crippen molar-refractivity contribution in [3.63, 3.8) is 0 Å². The first kappa shape index (κ1) is 61.5. The molecule has 0 spiro atoms. The van der Waals surface area contributed by atoms with Crippen molar-refractivity contribution in [2.45, 2.75) is 255 Å². The summed E-state index contributed by atoms with van der Waals surface area (Å²) in [5.74, 6) is -0.346. The van der Waals surface area contributed by atoms with Crippen molar-refractivity contribution in [2.75, 3.05) is 26.4 Å². The number of rotatable bonds is 16. The third-order valence-corrected chi connectivity index (χ3v) is 20.7. The lowest BCUT2D eigenvalue weighted by Gasteiger charge is -2.70. The summed E-state index contributed by atoms with van der Waals surface area (Å²) in [5.41, 5.74) is -1.32. The Hall–Kier alpha value is -1.59. The molecule has 4 heterocycles. The normalized spacial score (nSPS) is 50.6. The fraction of sp³-hybridized carbons (Fsp3) is 0.945. The van der Waals surface area contributed by atoms with Crippen molar-refractivity contribution in [3.05, 3.63) is 11.6 Å². The van der Waals surface area contributed by atoms with Gasteiger partial charge < -0.3 is 104 Å². The van der Waals surface area contributed by atoms with E-state index in [4.69, 9.17) is 42.6 Å². The van der Waals surface area contributed by atoms with E-state index in [-0.39, 0.29) is 46.5 Å². The number of fused-ring (bicyclic) bond motifs is 5. The number of hydrogen-bond acceptors (Lipinski definition) is 22. The molecule has 22 heteroatoms. The Morgan fingerprint density at radius 1 is 0.636 bits per heavy atom. The van der Waals surface area contributed by atoms with Gasteiger partial charge in [0.1, 0.15) is 92.1 Å². The molecule has 4 saturated heterocycles. The SMILES string of the molecule is CC(=O)OC[C@H]1O[C@@H](O[C@@H]2CC[C@@]3(C)[C@H]4CC[C@H]5[C@H]([C@@](O)(CCC=C(C)C)CO[C@H]6O[C@@H](CO)[C@H](O)[C@@H](O)[C@@H]6O)CC[C@@]5(C)[C@]4(C)CC[C@H]3C2(C)C)[C@H](O[C@H]2O[C@@H](C)[C@H](O)[C@@H](O)[C@@H]2O)[C@@H](O[C@H]2OC[C@H](O)[C@@H](O)[C@@H]2O)[C@@H]1O. The molecule has 77 heavy (non-hydrogen) atoms. The number of hydrogen-bond donors (Lipinski definition) is 12. The van der Waals surface area contributed by atoms with Gasteiger partial charge in [-0.15, -0.1) is 0 Å². The van der Waals surface area contributed by atoms with E-state index in [0.717, 1.165) is 50.5 Å². The van der Waals surface area contributed by atoms with Crippen LogP contribution >= 0.6 is 0 Å². The molecule has 0 bridgehead atoms. The topological polar surface area (TPSA) is 343 Å². The van der Waals surface area contributed by atoms with Crippen molar-refractivity contribution in [2.24, 2.45) is 45.3 Å². The third kappa shape index (κ3) is 11.3. The van der Waals surface area contributed by atoms with Gasteiger partial charge in [0.05, 0.1) is 37.6 Å². The zero-order valence-corrected chi connectivity index (χ0v) is 46.3. The van der Waals surface area contributed by atoms with Gasteiger partial charge >= 0.3 is 5.97 Å². The molecule has 8 rings (SSSR count). The highest BCUT2D eigenvalue weighted by Gasteiger charge is 2.70. The Morgan fingerprint density at radius 2 is 1.27 bits per heavy atom. The average molecular weight is 1110 g/mol. The fourth-order valence-corrected chi connectivity index (χ4v) is 16.1. The summed E-state index contributed by atoms with van der Waals surface area (Å²) in [6.07, 6.45) is -20.1. The minimum Gasteiger partial charge on any atom is -0.463 e. The number of carbonyl (C=O) groups excluding carboxylic acids is 1. The van der Waals surface area contributed by atoms with E-state index in [1.165, 1.54) is 13.8 Å². The van der Waals surface area contributed by atoms with Crippen molar-refractivity contribution < 1.29 is 109 Å². The predicted octanol–water partition coefficient (Wildman–Crippen LogP) is 0.0365. The molecular formula is C55H92O22. The van der Waals surface area contributed by atoms with Gasteiger partial charge in [-0.05, 0) is 130 Å². The second kappa shape index (κ2) is 23.6. The van der Waals surface area contributed by atoms with E-state index in [9.17, 15) is 66.1 Å². The fourth-order valence-electron chi connectivity index (χ4n) is 16.1. The lowest BCUT2D eigenvalue weighted by Crippen LogP contribution is -2.68. The summed E-state index contributed by atoms with van der Waals surface area (Å²) in [7, 11) is 0. The summed E-state index contributed by atoms with van der Waals surface area (Å²) >= 11 is 0. The van der Waals surface area contributed by atoms with Crippen molar-refractivity contribution in [1.82, 2.24) is 0 Å². The van der Waals surface area contributed by atoms with Gasteiger partial charge in [-0.3, -0.25) is 4.79 Å². The van der Waals surface area contributed by atoms with Gasteiger partial charge in [-0.2, -0.15) is 0 Å². The third-order valence-electron chi connectivity index (χ3n) is 20.7. The zero-order valence-electron chi connectivity index (χ0n) is 46.3. The standard InChI is InChI=1S/C55H92O22/c1-25(2)11-10-17-55(68,24-71-48-43(66)41(64)38(61)31(21-56)73-48)29-14-19-53(8)28(29)12-13-34-52(7)18-16-35(51(5,6)33(52)15-20-54(34,53)9)75-50-46(77-49-44(67)40(63)36(59)26(3)72-49)45(39(62)32(74-50)23-69-27(4)57)76-47-42(65)37(60)30(58)22-70-47/h11,26,28-50,56,58-68H,10,12-24H2,1-9H3/t26-,28-,29+,30-,31-,32+,33-,34+,35+,36-,37+,38-,39+,40+,41+,42-,43-,44-,45-,46+,47+,48-,49+,50-,52+,53+,54+,55+/m0/s1. The number of aliphatic hydroxyl groups excluding tert-OH is 11. The number of carbonyl (C=O) groups is 1. The van der Waals surface area contributed by atoms with Crippen molar-refractivity contribution in [3.8, 4) is 0 Å². The Morgan fingerprint density at radius 3 is 1.95 bits per heavy atom. The summed E-state index contributed by atoms with van der Waals surface area (Å²) in [6, 6.07) is 0. The van der Waals surface area contributed by atoms with E-state index in [1.807, 2.05) is 13.8 Å². The maximum Gasteiger partial charge on any atom is 0.302 e. The average Bonchev–Trinajstić information content (AvgIpc) is 3.74. The van der Waals surface area contributed by atoms with Crippen LogP contribution in [-0.2, 0) is 47.4 Å². The highest BCUT2D eigenvalue weighted by molar-refractivity contribution is 5.65. The Balaban J connectivity index is 1.05. The van der Waals surface area contributed by atoms with Crippen LogP contribution in [0.3, 0.4) is 0 Å². The molecule has 12 N–H and O–H groups in total. The lowest BCUT2D eigenvalue weighted by molar-refractivity contribution is -0.395. The summed E-state index contributed by atoms with van der Waals surface area (Å²) in [4.78, 5) is 12.2. The van der Waals surface area contributed by atoms with E-state index < -0.39 is 160 Å². The van der Waals surface area contributed by atoms with E-state index in [0.29, 0.717) is 19.3 Å². The lowest BCUT2D eigenvalue weighted by atomic mass is 9.35. The van der Waals surface area contributed by atoms with Crippen molar-refractivity contribution in [1.29, 1.82) is 0 Å². The summed E-state index contributed by atoms with van der Waals surface area (Å²) in [5, 5.41) is 131. The monoisotopic (exact) mass is 1100 g/mol. The Labute approximate surface area is 451 Å². The molecule has 8 aliphatic rings. The first-order valence-corrected chi connectivity index (χ1v) is 28.1. The molecule has 28 atom stereocenters. The first-order valence-electron chi connectivity index (χ1n) is 28.1. The largest absolute Gasteiger partial charge is 0.463 e. The molecule has 0 amide bonds. The van der Waals surface area contributed by atoms with Crippen molar-refractivity contribution >= 4 is 5.97 Å². The highest BCUT2D eigenvalue weighted by atomic mass is 16.8. The maximum atomic E-state index is 13.0. The quantitative estimate of drug-likeness (QED) is 0.0551. The second-order valence-electron chi connectivity index (χ2n) is 25.7. The smallest absolute Gasteiger partial charge is 0.302 e. The Bertz CT molecular complexity index is 2030. The van der Waals surface area contributed by atoms with Crippen LogP contribution in [0.1, 0.15) is 127 Å². The van der Waals surface area contributed by atoms with Crippen LogP contribution in [0, 0.1) is 45.3 Å². The second-order valence-corrected chi connectivity index (χ2v) is 25.7. The molecule has 0 radical (unpaired) electrons. The molecule has 4 saturated carbocycles. The highest BCUT2D eigenvalue weighted by Crippen LogP contribution is 2.76. The van der Waals surface area contributed by atoms with Gasteiger partial charge in [-0.1, -0.05) is 46.3 Å². The molecule has 22 nitrogen and oxygen atoms in total. The zero-order chi connectivity index (χ0) is 56.5. The molecule has 444 valence electrons. The predicted molar refractivity (Wildman–Crippen MR) is 268 cm³/mol. The Kier molecular flexibility index (Phi) is 18.8. The number of ether oxygens (including phenoxy) is 9. The molecule has 0 aromatic rings. The number of aliphatic hydroxyl groups is 12. The van der Waals surface area contributed by atoms with Crippen LogP contribution in [0.25, 0.3) is 0 Å². The van der Waals surface area contributed by atoms with Gasteiger partial charge in [0, 0.05) is 6.92 Å².